The topological polar surface area (TPSA) is 17.1 Å². The van der Waals surface area contributed by atoms with E-state index in [4.69, 9.17) is 0 Å². The van der Waals surface area contributed by atoms with Gasteiger partial charge >= 0.3 is 0 Å². The SMILES string of the molecule is CC1SCC(C(=O)Cc2ccc(F)c(Br)c2)SC1C. The Balaban J connectivity index is 1.99. The predicted octanol–water partition coefficient (Wildman–Crippen LogP) is 4.33. The standard InChI is InChI=1S/C14H16BrFOS2/c1-8-9(2)19-14(7-18-8)13(17)6-10-3-4-12(16)11(15)5-10/h3-5,8-9,14H,6-7H2,1-2H3. The molecule has 0 radical (unpaired) electrons. The van der Waals surface area contributed by atoms with Gasteiger partial charge in [-0.2, -0.15) is 11.8 Å². The van der Waals surface area contributed by atoms with Crippen molar-refractivity contribution in [2.45, 2.75) is 36.0 Å². The van der Waals surface area contributed by atoms with Gasteiger partial charge < -0.3 is 0 Å². The summed E-state index contributed by atoms with van der Waals surface area (Å²) in [4.78, 5) is 12.3. The highest BCUT2D eigenvalue weighted by Gasteiger charge is 2.30. The highest BCUT2D eigenvalue weighted by Crippen LogP contribution is 2.36. The van der Waals surface area contributed by atoms with Gasteiger partial charge in [-0.15, -0.1) is 11.8 Å². The van der Waals surface area contributed by atoms with Gasteiger partial charge in [0.1, 0.15) is 5.82 Å². The molecule has 2 rings (SSSR count). The fourth-order valence-corrected chi connectivity index (χ4v) is 5.23. The van der Waals surface area contributed by atoms with Gasteiger partial charge in [0.05, 0.1) is 9.72 Å². The lowest BCUT2D eigenvalue weighted by molar-refractivity contribution is -0.117. The second-order valence-electron chi connectivity index (χ2n) is 4.76. The van der Waals surface area contributed by atoms with E-state index >= 15 is 0 Å². The summed E-state index contributed by atoms with van der Waals surface area (Å²) in [7, 11) is 0. The third-order valence-electron chi connectivity index (χ3n) is 3.27. The van der Waals surface area contributed by atoms with Crippen LogP contribution in [0.3, 0.4) is 0 Å². The summed E-state index contributed by atoms with van der Waals surface area (Å²) < 4.78 is 13.6. The molecule has 0 bridgehead atoms. The van der Waals surface area contributed by atoms with Gasteiger partial charge in [-0.05, 0) is 33.6 Å². The Morgan fingerprint density at radius 3 is 2.79 bits per heavy atom. The number of hydrogen-bond acceptors (Lipinski definition) is 3. The van der Waals surface area contributed by atoms with Crippen molar-refractivity contribution in [2.75, 3.05) is 5.75 Å². The molecule has 1 aromatic carbocycles. The summed E-state index contributed by atoms with van der Waals surface area (Å²) in [5.74, 6) is 0.841. The van der Waals surface area contributed by atoms with Gasteiger partial charge in [-0.3, -0.25) is 4.79 Å². The number of hydrogen-bond donors (Lipinski definition) is 0. The van der Waals surface area contributed by atoms with Crippen LogP contribution < -0.4 is 0 Å². The van der Waals surface area contributed by atoms with Crippen molar-refractivity contribution < 1.29 is 9.18 Å². The maximum atomic E-state index is 13.1. The van der Waals surface area contributed by atoms with Crippen LogP contribution in [0.1, 0.15) is 19.4 Å². The Kier molecular flexibility index (Phi) is 5.37. The number of thioether (sulfide) groups is 2. The van der Waals surface area contributed by atoms with Crippen LogP contribution in [0.2, 0.25) is 0 Å². The van der Waals surface area contributed by atoms with E-state index in [9.17, 15) is 9.18 Å². The van der Waals surface area contributed by atoms with Crippen molar-refractivity contribution in [3.8, 4) is 0 Å². The number of halogens is 2. The zero-order valence-electron chi connectivity index (χ0n) is 10.9. The van der Waals surface area contributed by atoms with Gasteiger partial charge in [0.15, 0.2) is 5.78 Å². The molecule has 1 nitrogen and oxygen atoms in total. The first-order valence-electron chi connectivity index (χ1n) is 6.21. The van der Waals surface area contributed by atoms with E-state index in [1.807, 2.05) is 11.8 Å². The van der Waals surface area contributed by atoms with Crippen molar-refractivity contribution in [1.82, 2.24) is 0 Å². The average molecular weight is 363 g/mol. The third-order valence-corrected chi connectivity index (χ3v) is 7.32. The quantitative estimate of drug-likeness (QED) is 0.796. The van der Waals surface area contributed by atoms with E-state index in [-0.39, 0.29) is 16.9 Å². The van der Waals surface area contributed by atoms with E-state index in [1.54, 1.807) is 23.9 Å². The molecule has 0 N–H and O–H groups in total. The summed E-state index contributed by atoms with van der Waals surface area (Å²) in [6, 6.07) is 4.78. The maximum Gasteiger partial charge on any atom is 0.151 e. The zero-order chi connectivity index (χ0) is 14.0. The predicted molar refractivity (Wildman–Crippen MR) is 85.6 cm³/mol. The van der Waals surface area contributed by atoms with Crippen LogP contribution in [0.25, 0.3) is 0 Å². The number of carbonyl (C=O) groups is 1. The van der Waals surface area contributed by atoms with E-state index in [2.05, 4.69) is 29.8 Å². The van der Waals surface area contributed by atoms with Gasteiger partial charge in [0.25, 0.3) is 0 Å². The highest BCUT2D eigenvalue weighted by molar-refractivity contribution is 9.10. The first kappa shape index (κ1) is 15.4. The van der Waals surface area contributed by atoms with Gasteiger partial charge in [-0.25, -0.2) is 4.39 Å². The fourth-order valence-electron chi connectivity index (χ4n) is 1.92. The van der Waals surface area contributed by atoms with Crippen LogP contribution in [-0.4, -0.2) is 27.3 Å². The average Bonchev–Trinajstić information content (AvgIpc) is 2.37. The van der Waals surface area contributed by atoms with Crippen LogP contribution in [0, 0.1) is 5.82 Å². The smallest absolute Gasteiger partial charge is 0.151 e. The molecule has 1 aliphatic heterocycles. The zero-order valence-corrected chi connectivity index (χ0v) is 14.1. The lowest BCUT2D eigenvalue weighted by Crippen LogP contribution is -2.32. The van der Waals surface area contributed by atoms with Gasteiger partial charge in [0.2, 0.25) is 0 Å². The summed E-state index contributed by atoms with van der Waals surface area (Å²) in [5.41, 5.74) is 0.871. The molecule has 1 saturated heterocycles. The minimum Gasteiger partial charge on any atom is -0.298 e. The molecule has 1 aromatic rings. The number of ketones is 1. The summed E-state index contributed by atoms with van der Waals surface area (Å²) in [5, 5.41) is 1.18. The molecule has 5 heteroatoms. The molecule has 0 spiro atoms. The van der Waals surface area contributed by atoms with Crippen molar-refractivity contribution in [2.24, 2.45) is 0 Å². The van der Waals surface area contributed by atoms with Crippen LogP contribution in [0.15, 0.2) is 22.7 Å². The molecular weight excluding hydrogens is 347 g/mol. The Labute approximate surface area is 130 Å². The van der Waals surface area contributed by atoms with E-state index < -0.39 is 0 Å². The molecule has 19 heavy (non-hydrogen) atoms. The van der Waals surface area contributed by atoms with Crippen LogP contribution in [0.4, 0.5) is 4.39 Å². The molecule has 1 heterocycles. The molecular formula is C14H16BrFOS2. The minimum atomic E-state index is -0.291. The molecule has 3 atom stereocenters. The molecule has 0 amide bonds. The van der Waals surface area contributed by atoms with E-state index in [1.165, 1.54) is 6.07 Å². The van der Waals surface area contributed by atoms with Crippen LogP contribution >= 0.6 is 39.5 Å². The first-order chi connectivity index (χ1) is 8.97. The number of benzene rings is 1. The number of carbonyl (C=O) groups excluding carboxylic acids is 1. The first-order valence-corrected chi connectivity index (χ1v) is 8.99. The van der Waals surface area contributed by atoms with E-state index in [0.29, 0.717) is 21.4 Å². The van der Waals surface area contributed by atoms with Crippen LogP contribution in [-0.2, 0) is 11.2 Å². The van der Waals surface area contributed by atoms with Crippen LogP contribution in [0.5, 0.6) is 0 Å². The molecule has 1 fully saturated rings. The van der Waals surface area contributed by atoms with Crippen molar-refractivity contribution in [1.29, 1.82) is 0 Å². The summed E-state index contributed by atoms with van der Waals surface area (Å²) in [6.07, 6.45) is 0.387. The lowest BCUT2D eigenvalue weighted by atomic mass is 10.1. The summed E-state index contributed by atoms with van der Waals surface area (Å²) >= 11 is 6.79. The van der Waals surface area contributed by atoms with Gasteiger partial charge in [0, 0.05) is 22.7 Å². The van der Waals surface area contributed by atoms with E-state index in [0.717, 1.165) is 11.3 Å². The molecule has 3 unspecified atom stereocenters. The Hall–Kier alpha value is -0.000000000000000111. The molecule has 1 aliphatic rings. The van der Waals surface area contributed by atoms with Crippen molar-refractivity contribution >= 4 is 45.2 Å². The Morgan fingerprint density at radius 2 is 2.16 bits per heavy atom. The normalized spacial score (nSPS) is 27.3. The monoisotopic (exact) mass is 362 g/mol. The third kappa shape index (κ3) is 3.99. The summed E-state index contributed by atoms with van der Waals surface area (Å²) in [6.45, 7) is 4.39. The Morgan fingerprint density at radius 1 is 1.42 bits per heavy atom. The van der Waals surface area contributed by atoms with Crippen molar-refractivity contribution in [3.05, 3.63) is 34.1 Å². The fraction of sp³-hybridized carbons (Fsp3) is 0.500. The molecule has 104 valence electrons. The highest BCUT2D eigenvalue weighted by atomic mass is 79.9. The number of Topliss-reactive ketones (excluding diaryl/α,β-unsaturated/α-hetero) is 1. The lowest BCUT2D eigenvalue weighted by Gasteiger charge is -2.30. The molecule has 0 saturated carbocycles. The molecule has 0 aromatic heterocycles. The minimum absolute atomic E-state index is 0.0695. The number of rotatable bonds is 3. The Bertz CT molecular complexity index is 481. The second-order valence-corrected chi connectivity index (χ2v) is 8.61. The largest absolute Gasteiger partial charge is 0.298 e. The van der Waals surface area contributed by atoms with Gasteiger partial charge in [-0.1, -0.05) is 19.9 Å². The maximum absolute atomic E-state index is 13.1. The van der Waals surface area contributed by atoms with Crippen molar-refractivity contribution in [3.63, 3.8) is 0 Å². The second kappa shape index (κ2) is 6.64. The molecule has 0 aliphatic carbocycles.